The van der Waals surface area contributed by atoms with Crippen LogP contribution in [0.5, 0.6) is 11.5 Å². The average molecular weight is 449 g/mol. The molecule has 0 fully saturated rings. The molecule has 162 valence electrons. The minimum atomic E-state index is -4.08. The predicted octanol–water partition coefficient (Wildman–Crippen LogP) is 3.42. The number of benzene rings is 2. The van der Waals surface area contributed by atoms with E-state index in [-0.39, 0.29) is 22.0 Å². The molecule has 0 radical (unpaired) electrons. The third-order valence-electron chi connectivity index (χ3n) is 4.91. The number of aryl methyl sites for hydroxylation is 1. The van der Waals surface area contributed by atoms with Crippen molar-refractivity contribution in [2.75, 3.05) is 18.9 Å². The summed E-state index contributed by atoms with van der Waals surface area (Å²) in [7, 11) is -1.21. The fourth-order valence-electron chi connectivity index (χ4n) is 3.31. The average Bonchev–Trinajstić information content (AvgIpc) is 3.20. The van der Waals surface area contributed by atoms with E-state index >= 15 is 0 Å². The van der Waals surface area contributed by atoms with Crippen LogP contribution in [0.2, 0.25) is 0 Å². The lowest BCUT2D eigenvalue weighted by Crippen LogP contribution is -2.17. The summed E-state index contributed by atoms with van der Waals surface area (Å²) in [5.74, 6) is 1.03. The third kappa shape index (κ3) is 3.70. The number of aromatic nitrogens is 3. The molecule has 1 N–H and O–H groups in total. The number of anilines is 1. The van der Waals surface area contributed by atoms with Gasteiger partial charge in [0.25, 0.3) is 10.0 Å². The van der Waals surface area contributed by atoms with Crippen molar-refractivity contribution >= 4 is 26.7 Å². The van der Waals surface area contributed by atoms with Crippen molar-refractivity contribution < 1.29 is 17.9 Å². The first-order valence-corrected chi connectivity index (χ1v) is 11.0. The van der Waals surface area contributed by atoms with Crippen molar-refractivity contribution in [2.24, 2.45) is 0 Å². The van der Waals surface area contributed by atoms with E-state index in [1.54, 1.807) is 6.07 Å². The lowest BCUT2D eigenvalue weighted by atomic mass is 10.1. The highest BCUT2D eigenvalue weighted by atomic mass is 32.2. The van der Waals surface area contributed by atoms with E-state index in [1.807, 2.05) is 37.3 Å². The SMILES string of the molecule is COc1ccc(S(=O)(=O)Nc2c(C#N)cnn2-c2cc(C)c3ccccc3n2)cc1OC. The zero-order chi connectivity index (χ0) is 22.9. The largest absolute Gasteiger partial charge is 0.493 e. The van der Waals surface area contributed by atoms with Gasteiger partial charge in [-0.1, -0.05) is 18.2 Å². The van der Waals surface area contributed by atoms with Gasteiger partial charge in [-0.25, -0.2) is 13.4 Å². The number of hydrogen-bond acceptors (Lipinski definition) is 7. The molecule has 0 spiro atoms. The fourth-order valence-corrected chi connectivity index (χ4v) is 4.39. The van der Waals surface area contributed by atoms with E-state index in [9.17, 15) is 13.7 Å². The van der Waals surface area contributed by atoms with Gasteiger partial charge in [-0.2, -0.15) is 15.0 Å². The third-order valence-corrected chi connectivity index (χ3v) is 6.25. The number of ether oxygens (including phenoxy) is 2. The Kier molecular flexibility index (Phi) is 5.42. The molecule has 32 heavy (non-hydrogen) atoms. The van der Waals surface area contributed by atoms with Crippen LogP contribution in [0.25, 0.3) is 16.7 Å². The van der Waals surface area contributed by atoms with E-state index < -0.39 is 10.0 Å². The number of nitriles is 1. The Bertz CT molecular complexity index is 1470. The Morgan fingerprint density at radius 2 is 1.81 bits per heavy atom. The van der Waals surface area contributed by atoms with Gasteiger partial charge >= 0.3 is 0 Å². The number of nitrogens with one attached hydrogen (secondary N) is 1. The van der Waals surface area contributed by atoms with Crippen LogP contribution < -0.4 is 14.2 Å². The first-order valence-electron chi connectivity index (χ1n) is 9.47. The maximum absolute atomic E-state index is 13.1. The summed E-state index contributed by atoms with van der Waals surface area (Å²) in [5.41, 5.74) is 1.72. The van der Waals surface area contributed by atoms with Crippen LogP contribution in [-0.4, -0.2) is 37.4 Å². The molecule has 10 heteroatoms. The predicted molar refractivity (Wildman–Crippen MR) is 119 cm³/mol. The number of pyridine rings is 1. The Labute approximate surface area is 184 Å². The van der Waals surface area contributed by atoms with E-state index in [2.05, 4.69) is 14.8 Å². The van der Waals surface area contributed by atoms with Gasteiger partial charge in [-0.3, -0.25) is 4.72 Å². The smallest absolute Gasteiger partial charge is 0.263 e. The number of nitrogens with zero attached hydrogens (tertiary/aromatic N) is 4. The van der Waals surface area contributed by atoms with Crippen LogP contribution in [0.4, 0.5) is 5.82 Å². The van der Waals surface area contributed by atoms with Gasteiger partial charge in [0, 0.05) is 11.5 Å². The van der Waals surface area contributed by atoms with Gasteiger partial charge in [-0.15, -0.1) is 0 Å². The molecule has 0 bridgehead atoms. The summed E-state index contributed by atoms with van der Waals surface area (Å²) in [6.07, 6.45) is 1.29. The first-order chi connectivity index (χ1) is 15.4. The van der Waals surface area contributed by atoms with Crippen LogP contribution >= 0.6 is 0 Å². The normalized spacial score (nSPS) is 11.2. The molecule has 4 aromatic rings. The molecule has 2 aromatic heterocycles. The van der Waals surface area contributed by atoms with Gasteiger partial charge in [0.05, 0.1) is 30.8 Å². The second kappa shape index (κ2) is 8.20. The molecule has 0 saturated heterocycles. The molecule has 0 unspecified atom stereocenters. The molecule has 0 aliphatic heterocycles. The number of sulfonamides is 1. The molecule has 0 saturated carbocycles. The fraction of sp³-hybridized carbons (Fsp3) is 0.136. The Morgan fingerprint density at radius 1 is 1.06 bits per heavy atom. The highest BCUT2D eigenvalue weighted by Crippen LogP contribution is 2.31. The molecular formula is C22H19N5O4S. The molecule has 9 nitrogen and oxygen atoms in total. The standard InChI is InChI=1S/C22H19N5O4S/c1-14-10-21(25-18-7-5-4-6-17(14)18)27-22(15(12-23)13-24-27)26-32(28,29)16-8-9-19(30-2)20(11-16)31-3/h4-11,13,26H,1-3H3. The number of methoxy groups -OCH3 is 2. The van der Waals surface area contributed by atoms with Crippen LogP contribution in [0.3, 0.4) is 0 Å². The summed E-state index contributed by atoms with van der Waals surface area (Å²) in [4.78, 5) is 4.53. The minimum absolute atomic E-state index is 0.00975. The summed E-state index contributed by atoms with van der Waals surface area (Å²) in [5, 5.41) is 14.7. The summed E-state index contributed by atoms with van der Waals surface area (Å²) in [6.45, 7) is 1.93. The van der Waals surface area contributed by atoms with Gasteiger partial charge in [0.2, 0.25) is 0 Å². The van der Waals surface area contributed by atoms with E-state index in [4.69, 9.17) is 9.47 Å². The highest BCUT2D eigenvalue weighted by molar-refractivity contribution is 7.92. The van der Waals surface area contributed by atoms with Crippen molar-refractivity contribution in [1.29, 1.82) is 5.26 Å². The van der Waals surface area contributed by atoms with E-state index in [1.165, 1.54) is 43.3 Å². The van der Waals surface area contributed by atoms with Crippen molar-refractivity contribution in [3.8, 4) is 23.4 Å². The first kappa shape index (κ1) is 21.1. The monoisotopic (exact) mass is 449 g/mol. The van der Waals surface area contributed by atoms with E-state index in [0.29, 0.717) is 11.6 Å². The molecular weight excluding hydrogens is 430 g/mol. The van der Waals surface area contributed by atoms with Crippen molar-refractivity contribution in [3.63, 3.8) is 0 Å². The van der Waals surface area contributed by atoms with Crippen LogP contribution in [0.15, 0.2) is 59.6 Å². The van der Waals surface area contributed by atoms with Gasteiger partial charge in [-0.05, 0) is 36.8 Å². The van der Waals surface area contributed by atoms with Crippen LogP contribution in [0, 0.1) is 18.3 Å². The Morgan fingerprint density at radius 3 is 2.53 bits per heavy atom. The molecule has 0 atom stereocenters. The zero-order valence-electron chi connectivity index (χ0n) is 17.5. The number of hydrogen-bond donors (Lipinski definition) is 1. The second-order valence-electron chi connectivity index (χ2n) is 6.87. The van der Waals surface area contributed by atoms with Crippen LogP contribution in [0.1, 0.15) is 11.1 Å². The number of rotatable bonds is 6. The number of para-hydroxylation sites is 1. The molecule has 0 aliphatic carbocycles. The molecule has 2 heterocycles. The summed E-state index contributed by atoms with van der Waals surface area (Å²) >= 11 is 0. The molecule has 0 amide bonds. The highest BCUT2D eigenvalue weighted by Gasteiger charge is 2.23. The lowest BCUT2D eigenvalue weighted by Gasteiger charge is -2.13. The van der Waals surface area contributed by atoms with E-state index in [0.717, 1.165) is 16.5 Å². The topological polar surface area (TPSA) is 119 Å². The van der Waals surface area contributed by atoms with Crippen molar-refractivity contribution in [2.45, 2.75) is 11.8 Å². The van der Waals surface area contributed by atoms with Gasteiger partial charge in [0.1, 0.15) is 11.6 Å². The van der Waals surface area contributed by atoms with Gasteiger partial charge in [0.15, 0.2) is 23.1 Å². The molecule has 2 aromatic carbocycles. The Balaban J connectivity index is 1.81. The second-order valence-corrected chi connectivity index (χ2v) is 8.55. The van der Waals surface area contributed by atoms with Crippen molar-refractivity contribution in [3.05, 3.63) is 65.9 Å². The quantitative estimate of drug-likeness (QED) is 0.479. The number of fused-ring (bicyclic) bond motifs is 1. The Hall–Kier alpha value is -4.10. The zero-order valence-corrected chi connectivity index (χ0v) is 18.3. The lowest BCUT2D eigenvalue weighted by molar-refractivity contribution is 0.354. The van der Waals surface area contributed by atoms with Gasteiger partial charge < -0.3 is 9.47 Å². The summed E-state index contributed by atoms with van der Waals surface area (Å²) in [6, 6.07) is 15.6. The maximum Gasteiger partial charge on any atom is 0.263 e. The minimum Gasteiger partial charge on any atom is -0.493 e. The summed E-state index contributed by atoms with van der Waals surface area (Å²) < 4.78 is 40.4. The molecule has 4 rings (SSSR count). The molecule has 0 aliphatic rings. The van der Waals surface area contributed by atoms with Crippen molar-refractivity contribution in [1.82, 2.24) is 14.8 Å². The maximum atomic E-state index is 13.1. The van der Waals surface area contributed by atoms with Crippen LogP contribution in [-0.2, 0) is 10.0 Å².